The van der Waals surface area contributed by atoms with Gasteiger partial charge in [-0.1, -0.05) is 51.9 Å². The molecular weight excluding hydrogens is 260 g/mol. The summed E-state index contributed by atoms with van der Waals surface area (Å²) < 4.78 is 0. The number of hydrogen-bond acceptors (Lipinski definition) is 3. The molecule has 0 aliphatic rings. The van der Waals surface area contributed by atoms with Crippen LogP contribution in [-0.4, -0.2) is 16.5 Å². The van der Waals surface area contributed by atoms with E-state index in [9.17, 15) is 0 Å². The van der Waals surface area contributed by atoms with Gasteiger partial charge in [0, 0.05) is 12.2 Å². The second-order valence-electron chi connectivity index (χ2n) is 5.76. The van der Waals surface area contributed by atoms with Crippen molar-refractivity contribution in [1.29, 1.82) is 0 Å². The van der Waals surface area contributed by atoms with Crippen LogP contribution in [0.25, 0.3) is 11.0 Å². The molecule has 4 N–H and O–H groups in total. The molecule has 2 aromatic rings. The van der Waals surface area contributed by atoms with Gasteiger partial charge in [-0.25, -0.2) is 4.98 Å². The number of nitrogens with zero attached hydrogens (tertiary/aromatic N) is 1. The number of fused-ring (bicyclic) bond motifs is 1. The summed E-state index contributed by atoms with van der Waals surface area (Å²) in [5, 5.41) is 3.36. The number of aromatic nitrogens is 2. The quantitative estimate of drug-likeness (QED) is 0.438. The lowest BCUT2D eigenvalue weighted by atomic mass is 10.1. The van der Waals surface area contributed by atoms with Crippen molar-refractivity contribution in [2.45, 2.75) is 58.3 Å². The second-order valence-corrected chi connectivity index (χ2v) is 5.76. The summed E-state index contributed by atoms with van der Waals surface area (Å²) in [5.74, 6) is 0.846. The molecule has 4 nitrogen and oxygen atoms in total. The second kappa shape index (κ2) is 8.55. The summed E-state index contributed by atoms with van der Waals surface area (Å²) in [6, 6.07) is 5.75. The van der Waals surface area contributed by atoms with E-state index in [0.29, 0.717) is 0 Å². The first kappa shape index (κ1) is 15.7. The summed E-state index contributed by atoms with van der Waals surface area (Å²) in [7, 11) is 0. The third kappa shape index (κ3) is 5.29. The maximum atomic E-state index is 5.76. The Morgan fingerprint density at radius 1 is 1.05 bits per heavy atom. The third-order valence-electron chi connectivity index (χ3n) is 3.83. The number of nitrogens with one attached hydrogen (secondary N) is 2. The lowest BCUT2D eigenvalue weighted by molar-refractivity contribution is 0.581. The molecule has 21 heavy (non-hydrogen) atoms. The van der Waals surface area contributed by atoms with Gasteiger partial charge in [-0.15, -0.1) is 0 Å². The normalized spacial score (nSPS) is 11.1. The number of aromatic amines is 1. The van der Waals surface area contributed by atoms with Crippen LogP contribution in [0.2, 0.25) is 0 Å². The Morgan fingerprint density at radius 2 is 1.76 bits per heavy atom. The molecule has 0 unspecified atom stereocenters. The highest BCUT2D eigenvalue weighted by atomic mass is 15.1. The molecule has 0 fully saturated rings. The van der Waals surface area contributed by atoms with Crippen LogP contribution in [0.1, 0.15) is 58.3 Å². The van der Waals surface area contributed by atoms with E-state index in [4.69, 9.17) is 5.73 Å². The number of anilines is 2. The SMILES string of the molecule is CCCCCCCCCCNc1nc2ccc(N)cc2[nH]1. The fourth-order valence-electron chi connectivity index (χ4n) is 2.58. The molecule has 0 saturated carbocycles. The number of H-pyrrole nitrogens is 1. The zero-order valence-electron chi connectivity index (χ0n) is 13.1. The summed E-state index contributed by atoms with van der Waals surface area (Å²) in [4.78, 5) is 7.76. The van der Waals surface area contributed by atoms with E-state index >= 15 is 0 Å². The van der Waals surface area contributed by atoms with Gasteiger partial charge in [-0.2, -0.15) is 0 Å². The molecule has 0 radical (unpaired) electrons. The Balaban J connectivity index is 1.59. The van der Waals surface area contributed by atoms with Gasteiger partial charge in [0.1, 0.15) is 0 Å². The lowest BCUT2D eigenvalue weighted by Gasteiger charge is -2.03. The van der Waals surface area contributed by atoms with E-state index in [2.05, 4.69) is 22.2 Å². The van der Waals surface area contributed by atoms with Crippen molar-refractivity contribution in [2.75, 3.05) is 17.6 Å². The zero-order chi connectivity index (χ0) is 14.9. The predicted molar refractivity (Wildman–Crippen MR) is 91.6 cm³/mol. The molecule has 0 amide bonds. The summed E-state index contributed by atoms with van der Waals surface area (Å²) in [6.07, 6.45) is 10.7. The Hall–Kier alpha value is -1.71. The van der Waals surface area contributed by atoms with Gasteiger partial charge in [0.2, 0.25) is 5.95 Å². The number of unbranched alkanes of at least 4 members (excludes halogenated alkanes) is 7. The standard InChI is InChI=1S/C17H28N4/c1-2-3-4-5-6-7-8-9-12-19-17-20-15-11-10-14(18)13-16(15)21-17/h10-11,13H,2-9,12,18H2,1H3,(H2,19,20,21). The molecule has 4 heteroatoms. The third-order valence-corrected chi connectivity index (χ3v) is 3.83. The molecule has 0 aliphatic carbocycles. The molecule has 0 aliphatic heterocycles. The molecular formula is C17H28N4. The van der Waals surface area contributed by atoms with E-state index in [1.165, 1.54) is 51.4 Å². The molecule has 0 saturated heterocycles. The van der Waals surface area contributed by atoms with Gasteiger partial charge in [0.05, 0.1) is 11.0 Å². The molecule has 0 bridgehead atoms. The Bertz CT molecular complexity index is 533. The van der Waals surface area contributed by atoms with Gasteiger partial charge >= 0.3 is 0 Å². The molecule has 2 rings (SSSR count). The number of imidazole rings is 1. The van der Waals surface area contributed by atoms with Crippen LogP contribution in [0.15, 0.2) is 18.2 Å². The zero-order valence-corrected chi connectivity index (χ0v) is 13.1. The molecule has 0 atom stereocenters. The van der Waals surface area contributed by atoms with Crippen molar-refractivity contribution in [3.8, 4) is 0 Å². The van der Waals surface area contributed by atoms with Crippen molar-refractivity contribution < 1.29 is 0 Å². The molecule has 116 valence electrons. The maximum Gasteiger partial charge on any atom is 0.201 e. The number of hydrogen-bond donors (Lipinski definition) is 3. The Kier molecular flexibility index (Phi) is 6.38. The largest absolute Gasteiger partial charge is 0.399 e. The first-order chi connectivity index (χ1) is 10.3. The summed E-state index contributed by atoms with van der Waals surface area (Å²) >= 11 is 0. The molecule has 0 spiro atoms. The van der Waals surface area contributed by atoms with Gasteiger partial charge in [-0.05, 0) is 24.6 Å². The van der Waals surface area contributed by atoms with E-state index in [1.54, 1.807) is 0 Å². The highest BCUT2D eigenvalue weighted by Crippen LogP contribution is 2.17. The molecule has 1 heterocycles. The van der Waals surface area contributed by atoms with Gasteiger partial charge in [0.15, 0.2) is 0 Å². The van der Waals surface area contributed by atoms with Crippen molar-refractivity contribution >= 4 is 22.7 Å². The topological polar surface area (TPSA) is 66.7 Å². The minimum atomic E-state index is 0.765. The first-order valence-corrected chi connectivity index (χ1v) is 8.28. The average molecular weight is 288 g/mol. The monoisotopic (exact) mass is 288 g/mol. The van der Waals surface area contributed by atoms with Crippen LogP contribution in [0.3, 0.4) is 0 Å². The highest BCUT2D eigenvalue weighted by molar-refractivity contribution is 5.80. The van der Waals surface area contributed by atoms with E-state index in [1.807, 2.05) is 18.2 Å². The average Bonchev–Trinajstić information content (AvgIpc) is 2.87. The van der Waals surface area contributed by atoms with Crippen molar-refractivity contribution in [2.24, 2.45) is 0 Å². The summed E-state index contributed by atoms with van der Waals surface area (Å²) in [5.41, 5.74) is 8.48. The van der Waals surface area contributed by atoms with E-state index in [-0.39, 0.29) is 0 Å². The van der Waals surface area contributed by atoms with Crippen molar-refractivity contribution in [1.82, 2.24) is 9.97 Å². The van der Waals surface area contributed by atoms with E-state index in [0.717, 1.165) is 29.2 Å². The van der Waals surface area contributed by atoms with Crippen LogP contribution in [0, 0.1) is 0 Å². The fraction of sp³-hybridized carbons (Fsp3) is 0.588. The number of nitrogen functional groups attached to an aromatic ring is 1. The Labute approximate surface area is 127 Å². The number of rotatable bonds is 10. The van der Waals surface area contributed by atoms with Crippen LogP contribution in [-0.2, 0) is 0 Å². The highest BCUT2D eigenvalue weighted by Gasteiger charge is 2.01. The first-order valence-electron chi connectivity index (χ1n) is 8.28. The number of nitrogens with two attached hydrogens (primary N) is 1. The van der Waals surface area contributed by atoms with Gasteiger partial charge in [0.25, 0.3) is 0 Å². The van der Waals surface area contributed by atoms with Crippen molar-refractivity contribution in [3.05, 3.63) is 18.2 Å². The van der Waals surface area contributed by atoms with Gasteiger partial charge < -0.3 is 16.0 Å². The molecule has 1 aromatic heterocycles. The molecule has 1 aromatic carbocycles. The smallest absolute Gasteiger partial charge is 0.201 e. The minimum absolute atomic E-state index is 0.765. The minimum Gasteiger partial charge on any atom is -0.399 e. The Morgan fingerprint density at radius 3 is 2.52 bits per heavy atom. The lowest BCUT2D eigenvalue weighted by Crippen LogP contribution is -2.02. The van der Waals surface area contributed by atoms with Crippen LogP contribution < -0.4 is 11.1 Å². The number of benzene rings is 1. The van der Waals surface area contributed by atoms with Crippen LogP contribution in [0.4, 0.5) is 11.6 Å². The van der Waals surface area contributed by atoms with Crippen molar-refractivity contribution in [3.63, 3.8) is 0 Å². The van der Waals surface area contributed by atoms with E-state index < -0.39 is 0 Å². The maximum absolute atomic E-state index is 5.76. The van der Waals surface area contributed by atoms with Crippen LogP contribution >= 0.6 is 0 Å². The summed E-state index contributed by atoms with van der Waals surface area (Å²) in [6.45, 7) is 3.24. The predicted octanol–water partition coefficient (Wildman–Crippen LogP) is 4.70. The fourth-order valence-corrected chi connectivity index (χ4v) is 2.58. The van der Waals surface area contributed by atoms with Crippen LogP contribution in [0.5, 0.6) is 0 Å². The van der Waals surface area contributed by atoms with Gasteiger partial charge in [-0.3, -0.25) is 0 Å².